The van der Waals surface area contributed by atoms with Gasteiger partial charge in [0.25, 0.3) is 0 Å². The molecular weight excluding hydrogens is 576 g/mol. The third-order valence-corrected chi connectivity index (χ3v) is 7.88. The van der Waals surface area contributed by atoms with Gasteiger partial charge in [-0.3, -0.25) is 9.59 Å². The van der Waals surface area contributed by atoms with Gasteiger partial charge in [-0.05, 0) is 39.8 Å². The van der Waals surface area contributed by atoms with Crippen molar-refractivity contribution >= 4 is 28.9 Å². The van der Waals surface area contributed by atoms with E-state index in [0.29, 0.717) is 31.1 Å². The monoisotopic (exact) mass is 614 g/mol. The number of thioether (sulfide) groups is 1. The number of benzene rings is 3. The molecule has 0 saturated heterocycles. The summed E-state index contributed by atoms with van der Waals surface area (Å²) in [6.45, 7) is 6.65. The van der Waals surface area contributed by atoms with Crippen LogP contribution in [0.4, 0.5) is 4.79 Å². The zero-order valence-electron chi connectivity index (χ0n) is 25.2. The summed E-state index contributed by atoms with van der Waals surface area (Å²) in [6, 6.07) is 25.4. The Bertz CT molecular complexity index is 1500. The predicted molar refractivity (Wildman–Crippen MR) is 171 cm³/mol. The van der Waals surface area contributed by atoms with Gasteiger partial charge in [0.15, 0.2) is 5.12 Å². The smallest absolute Gasteiger partial charge is 0.416 e. The largest absolute Gasteiger partial charge is 0.444 e. The fourth-order valence-corrected chi connectivity index (χ4v) is 5.48. The highest BCUT2D eigenvalue weighted by molar-refractivity contribution is 8.13. The lowest BCUT2D eigenvalue weighted by Gasteiger charge is -2.26. The molecular formula is C33H38N6O4S. The van der Waals surface area contributed by atoms with Gasteiger partial charge in [-0.2, -0.15) is 5.21 Å². The first kappa shape index (κ1) is 32.6. The molecule has 0 saturated carbocycles. The number of hydrogen-bond acceptors (Lipinski definition) is 9. The zero-order chi connectivity index (χ0) is 31.3. The van der Waals surface area contributed by atoms with E-state index in [2.05, 4.69) is 25.9 Å². The molecule has 2 N–H and O–H groups in total. The molecule has 44 heavy (non-hydrogen) atoms. The van der Waals surface area contributed by atoms with Crippen molar-refractivity contribution in [1.29, 1.82) is 0 Å². The standard InChI is InChI=1S/C33H38N6O4S/c1-23(2)19-28(22-44-24(3)40)32(41)39(33(42)43-21-26-9-5-4-6-10-26)18-17-34-20-25-13-15-27(16-14-25)29-11-7-8-12-30(29)31-35-37-38-36-31/h4-16,23,28,34H,17-22H2,1-3H3,(H,35,36,37,38). The number of H-pyrrole nitrogens is 1. The molecule has 11 heteroatoms. The third-order valence-electron chi connectivity index (χ3n) is 6.90. The van der Waals surface area contributed by atoms with Crippen LogP contribution in [0.1, 0.15) is 38.3 Å². The summed E-state index contributed by atoms with van der Waals surface area (Å²) in [5, 5.41) is 17.7. The number of imide groups is 1. The van der Waals surface area contributed by atoms with Crippen LogP contribution in [0.5, 0.6) is 0 Å². The Kier molecular flexibility index (Phi) is 12.2. The van der Waals surface area contributed by atoms with Gasteiger partial charge in [0.1, 0.15) is 6.61 Å². The van der Waals surface area contributed by atoms with E-state index in [1.807, 2.05) is 92.7 Å². The Morgan fingerprint density at radius 1 is 0.932 bits per heavy atom. The van der Waals surface area contributed by atoms with Crippen molar-refractivity contribution in [3.05, 3.63) is 90.0 Å². The molecule has 1 aromatic heterocycles. The first-order valence-corrected chi connectivity index (χ1v) is 15.6. The van der Waals surface area contributed by atoms with Crippen LogP contribution in [-0.2, 0) is 27.5 Å². The van der Waals surface area contributed by atoms with Crippen LogP contribution in [0.25, 0.3) is 22.5 Å². The second-order valence-electron chi connectivity index (χ2n) is 10.8. The van der Waals surface area contributed by atoms with Crippen molar-refractivity contribution in [1.82, 2.24) is 30.8 Å². The molecule has 0 fully saturated rings. The second kappa shape index (κ2) is 16.5. The highest BCUT2D eigenvalue weighted by Gasteiger charge is 2.30. The number of ether oxygens (including phenoxy) is 1. The molecule has 0 aliphatic carbocycles. The van der Waals surface area contributed by atoms with Crippen LogP contribution in [0.3, 0.4) is 0 Å². The summed E-state index contributed by atoms with van der Waals surface area (Å²) in [5.41, 5.74) is 4.78. The Balaban J connectivity index is 1.39. The van der Waals surface area contributed by atoms with Crippen molar-refractivity contribution in [2.75, 3.05) is 18.8 Å². The number of amides is 2. The molecule has 1 atom stereocenters. The van der Waals surface area contributed by atoms with Crippen molar-refractivity contribution in [2.45, 2.75) is 40.3 Å². The van der Waals surface area contributed by atoms with Crippen LogP contribution < -0.4 is 5.32 Å². The SMILES string of the molecule is CC(=O)SCC(CC(C)C)C(=O)N(CCNCc1ccc(-c2ccccc2-c2nn[nH]n2)cc1)C(=O)OCc1ccccc1. The maximum absolute atomic E-state index is 13.7. The minimum atomic E-state index is -0.688. The molecule has 1 heterocycles. The molecule has 3 aromatic carbocycles. The summed E-state index contributed by atoms with van der Waals surface area (Å²) in [5.74, 6) is 0.278. The molecule has 230 valence electrons. The van der Waals surface area contributed by atoms with Gasteiger partial charge in [0, 0.05) is 43.8 Å². The number of carbonyl (C=O) groups excluding carboxylic acids is 3. The molecule has 2 amide bonds. The zero-order valence-corrected chi connectivity index (χ0v) is 26.0. The number of nitrogens with one attached hydrogen (secondary N) is 2. The van der Waals surface area contributed by atoms with Gasteiger partial charge >= 0.3 is 6.09 Å². The normalized spacial score (nSPS) is 11.7. The number of aromatic amines is 1. The van der Waals surface area contributed by atoms with Crippen molar-refractivity contribution < 1.29 is 19.1 Å². The van der Waals surface area contributed by atoms with E-state index in [4.69, 9.17) is 4.74 Å². The van der Waals surface area contributed by atoms with E-state index in [1.165, 1.54) is 11.8 Å². The highest BCUT2D eigenvalue weighted by atomic mass is 32.2. The maximum Gasteiger partial charge on any atom is 0.416 e. The topological polar surface area (TPSA) is 130 Å². The van der Waals surface area contributed by atoms with Crippen LogP contribution in [0.15, 0.2) is 78.9 Å². The number of aromatic nitrogens is 4. The van der Waals surface area contributed by atoms with Crippen molar-refractivity contribution in [3.8, 4) is 22.5 Å². The van der Waals surface area contributed by atoms with Gasteiger partial charge in [-0.25, -0.2) is 9.69 Å². The summed E-state index contributed by atoms with van der Waals surface area (Å²) in [4.78, 5) is 39.7. The van der Waals surface area contributed by atoms with Gasteiger partial charge in [-0.15, -0.1) is 10.2 Å². The molecule has 0 aliphatic rings. The van der Waals surface area contributed by atoms with Crippen LogP contribution >= 0.6 is 11.8 Å². The second-order valence-corrected chi connectivity index (χ2v) is 12.0. The number of rotatable bonds is 14. The molecule has 4 rings (SSSR count). The lowest BCUT2D eigenvalue weighted by atomic mass is 9.97. The third kappa shape index (κ3) is 9.58. The molecule has 0 bridgehead atoms. The fourth-order valence-electron chi connectivity index (χ4n) is 4.77. The van der Waals surface area contributed by atoms with Gasteiger partial charge < -0.3 is 10.1 Å². The molecule has 10 nitrogen and oxygen atoms in total. The summed E-state index contributed by atoms with van der Waals surface area (Å²) >= 11 is 1.11. The van der Waals surface area contributed by atoms with Crippen molar-refractivity contribution in [2.24, 2.45) is 11.8 Å². The lowest BCUT2D eigenvalue weighted by molar-refractivity contribution is -0.133. The average Bonchev–Trinajstić information content (AvgIpc) is 3.57. The van der Waals surface area contributed by atoms with E-state index in [0.717, 1.165) is 39.6 Å². The Morgan fingerprint density at radius 2 is 1.64 bits per heavy atom. The number of hydrogen-bond donors (Lipinski definition) is 2. The fraction of sp³-hybridized carbons (Fsp3) is 0.333. The molecule has 0 radical (unpaired) electrons. The Hall–Kier alpha value is -4.35. The molecule has 1 unspecified atom stereocenters. The lowest BCUT2D eigenvalue weighted by Crippen LogP contribution is -2.45. The van der Waals surface area contributed by atoms with Gasteiger partial charge in [0.05, 0.1) is 0 Å². The Morgan fingerprint density at radius 3 is 2.30 bits per heavy atom. The highest BCUT2D eigenvalue weighted by Crippen LogP contribution is 2.29. The Labute approximate surface area is 262 Å². The van der Waals surface area contributed by atoms with E-state index in [9.17, 15) is 14.4 Å². The molecule has 0 spiro atoms. The van der Waals surface area contributed by atoms with E-state index in [-0.39, 0.29) is 30.1 Å². The first-order chi connectivity index (χ1) is 21.3. The summed E-state index contributed by atoms with van der Waals surface area (Å²) in [7, 11) is 0. The molecule has 4 aromatic rings. The van der Waals surface area contributed by atoms with E-state index >= 15 is 0 Å². The minimum absolute atomic E-state index is 0.0595. The number of tetrazole rings is 1. The first-order valence-electron chi connectivity index (χ1n) is 14.6. The average molecular weight is 615 g/mol. The van der Waals surface area contributed by atoms with E-state index in [1.54, 1.807) is 0 Å². The van der Waals surface area contributed by atoms with Crippen LogP contribution in [0.2, 0.25) is 0 Å². The van der Waals surface area contributed by atoms with E-state index < -0.39 is 12.0 Å². The number of carbonyl (C=O) groups is 3. The summed E-state index contributed by atoms with van der Waals surface area (Å²) < 4.78 is 5.55. The van der Waals surface area contributed by atoms with Gasteiger partial charge in [0.2, 0.25) is 11.7 Å². The summed E-state index contributed by atoms with van der Waals surface area (Å²) in [6.07, 6.45) is -0.121. The maximum atomic E-state index is 13.7. The number of nitrogens with zero attached hydrogens (tertiary/aromatic N) is 4. The van der Waals surface area contributed by atoms with Crippen LogP contribution in [0, 0.1) is 11.8 Å². The molecule has 0 aliphatic heterocycles. The minimum Gasteiger partial charge on any atom is -0.444 e. The predicted octanol–water partition coefficient (Wildman–Crippen LogP) is 5.73. The van der Waals surface area contributed by atoms with Crippen LogP contribution in [-0.4, -0.2) is 61.5 Å². The van der Waals surface area contributed by atoms with Gasteiger partial charge in [-0.1, -0.05) is 104 Å². The van der Waals surface area contributed by atoms with Crippen molar-refractivity contribution in [3.63, 3.8) is 0 Å². The quantitative estimate of drug-likeness (QED) is 0.171.